The molecule has 136 valence electrons. The summed E-state index contributed by atoms with van der Waals surface area (Å²) >= 11 is 6.57. The summed E-state index contributed by atoms with van der Waals surface area (Å²) in [5.74, 6) is -0.804. The van der Waals surface area contributed by atoms with Crippen LogP contribution in [-0.4, -0.2) is 43.1 Å². The number of nitrogens with one attached hydrogen (secondary N) is 2. The predicted octanol–water partition coefficient (Wildman–Crippen LogP) is 0.896. The van der Waals surface area contributed by atoms with Crippen LogP contribution in [0.4, 0.5) is 5.69 Å². The molecule has 8 heteroatoms. The second-order valence-electron chi connectivity index (χ2n) is 7.14. The summed E-state index contributed by atoms with van der Waals surface area (Å²) in [5.41, 5.74) is 19.3. The van der Waals surface area contributed by atoms with Crippen molar-refractivity contribution in [3.05, 3.63) is 28.8 Å². The first-order valence-electron chi connectivity index (χ1n) is 9.01. The molecular weight excluding hydrogens is 338 g/mol. The summed E-state index contributed by atoms with van der Waals surface area (Å²) in [6.07, 6.45) is 5.10. The van der Waals surface area contributed by atoms with Crippen molar-refractivity contribution in [3.63, 3.8) is 0 Å². The number of likely N-dealkylation sites (tertiary alicyclic amines) is 1. The van der Waals surface area contributed by atoms with Crippen LogP contribution < -0.4 is 27.2 Å². The fourth-order valence-corrected chi connectivity index (χ4v) is 4.42. The van der Waals surface area contributed by atoms with E-state index in [1.165, 1.54) is 38.8 Å². The molecular formula is C17H26ClN7. The molecule has 0 radical (unpaired) electrons. The zero-order valence-corrected chi connectivity index (χ0v) is 15.1. The first-order valence-corrected chi connectivity index (χ1v) is 9.39. The van der Waals surface area contributed by atoms with Gasteiger partial charge in [0.15, 0.2) is 0 Å². The van der Waals surface area contributed by atoms with Crippen molar-refractivity contribution in [2.24, 2.45) is 16.5 Å². The van der Waals surface area contributed by atoms with E-state index >= 15 is 0 Å². The number of anilines is 1. The highest BCUT2D eigenvalue weighted by atomic mass is 35.5. The van der Waals surface area contributed by atoms with Crippen LogP contribution in [0, 0.1) is 0 Å². The molecule has 2 fully saturated rings. The fraction of sp³-hybridized carbons (Fsp3) is 0.588. The van der Waals surface area contributed by atoms with Crippen LogP contribution in [-0.2, 0) is 5.79 Å². The molecule has 1 aromatic carbocycles. The Bertz CT molecular complexity index is 665. The Morgan fingerprint density at radius 3 is 2.48 bits per heavy atom. The fourth-order valence-electron chi connectivity index (χ4n) is 4.12. The maximum Gasteiger partial charge on any atom is 0.209 e. The predicted molar refractivity (Wildman–Crippen MR) is 101 cm³/mol. The van der Waals surface area contributed by atoms with Crippen LogP contribution in [0.3, 0.4) is 0 Å². The topological polar surface area (TPSA) is 94.9 Å². The van der Waals surface area contributed by atoms with Gasteiger partial charge in [0.25, 0.3) is 0 Å². The first-order chi connectivity index (χ1) is 12.0. The maximum absolute atomic E-state index is 6.57. The second-order valence-corrected chi connectivity index (χ2v) is 7.55. The molecule has 0 amide bonds. The Balaban J connectivity index is 1.45. The Hall–Kier alpha value is -1.54. The average molecular weight is 364 g/mol. The van der Waals surface area contributed by atoms with Gasteiger partial charge in [-0.1, -0.05) is 17.7 Å². The van der Waals surface area contributed by atoms with Gasteiger partial charge in [0, 0.05) is 24.7 Å². The standard InChI is InChI=1S/C17H26ClN7/c18-14-11-12(17(20)21-16(19)22-23-17)3-4-15(14)25-9-5-13(6-10-25)24-7-1-2-8-24/h3-4,11,13,23H,1-2,5-10,20H2,(H3,19,21,22). The summed E-state index contributed by atoms with van der Waals surface area (Å²) in [4.78, 5) is 9.23. The van der Waals surface area contributed by atoms with Crippen LogP contribution in [0.25, 0.3) is 0 Å². The molecule has 3 aliphatic heterocycles. The lowest BCUT2D eigenvalue weighted by Gasteiger charge is -2.38. The summed E-state index contributed by atoms with van der Waals surface area (Å²) in [6.45, 7) is 4.62. The van der Waals surface area contributed by atoms with Crippen molar-refractivity contribution < 1.29 is 0 Å². The Morgan fingerprint density at radius 1 is 1.16 bits per heavy atom. The highest BCUT2D eigenvalue weighted by Crippen LogP contribution is 2.33. The third-order valence-electron chi connectivity index (χ3n) is 5.53. The number of hydrazine groups is 1. The quantitative estimate of drug-likeness (QED) is 0.637. The smallest absolute Gasteiger partial charge is 0.209 e. The number of rotatable bonds is 3. The molecule has 25 heavy (non-hydrogen) atoms. The molecule has 7 nitrogen and oxygen atoms in total. The number of hydrogen-bond donors (Lipinski definition) is 4. The van der Waals surface area contributed by atoms with Crippen LogP contribution in [0.2, 0.25) is 5.02 Å². The van der Waals surface area contributed by atoms with Crippen LogP contribution in [0.1, 0.15) is 31.2 Å². The number of nitrogens with zero attached hydrogens (tertiary/aromatic N) is 3. The lowest BCUT2D eigenvalue weighted by Crippen LogP contribution is -2.50. The van der Waals surface area contributed by atoms with E-state index in [9.17, 15) is 0 Å². The van der Waals surface area contributed by atoms with Crippen molar-refractivity contribution in [1.82, 2.24) is 15.8 Å². The zero-order valence-electron chi connectivity index (χ0n) is 14.3. The van der Waals surface area contributed by atoms with Crippen molar-refractivity contribution in [1.29, 1.82) is 0 Å². The number of nitrogens with two attached hydrogens (primary N) is 2. The third kappa shape index (κ3) is 3.29. The van der Waals surface area contributed by atoms with Gasteiger partial charge in [-0.15, -0.1) is 0 Å². The van der Waals surface area contributed by atoms with Crippen molar-refractivity contribution in [3.8, 4) is 0 Å². The number of benzene rings is 1. The van der Waals surface area contributed by atoms with E-state index in [0.29, 0.717) is 5.02 Å². The maximum atomic E-state index is 6.57. The molecule has 4 rings (SSSR count). The van der Waals surface area contributed by atoms with E-state index < -0.39 is 5.79 Å². The number of halogens is 1. The summed E-state index contributed by atoms with van der Waals surface area (Å²) in [5, 5.41) is 0.699. The van der Waals surface area contributed by atoms with Gasteiger partial charge < -0.3 is 15.5 Å². The van der Waals surface area contributed by atoms with Gasteiger partial charge in [0.1, 0.15) is 0 Å². The minimum atomic E-state index is -1.07. The highest BCUT2D eigenvalue weighted by Gasteiger charge is 2.33. The molecule has 3 heterocycles. The number of hydrogen-bond acceptors (Lipinski definition) is 7. The summed E-state index contributed by atoms with van der Waals surface area (Å²) in [6, 6.07) is 6.61. The molecule has 0 spiro atoms. The van der Waals surface area contributed by atoms with Crippen molar-refractivity contribution in [2.75, 3.05) is 31.1 Å². The molecule has 0 bridgehead atoms. The van der Waals surface area contributed by atoms with Crippen molar-refractivity contribution >= 4 is 23.2 Å². The van der Waals surface area contributed by atoms with Gasteiger partial charge >= 0.3 is 0 Å². The molecule has 0 saturated carbocycles. The Morgan fingerprint density at radius 2 is 1.88 bits per heavy atom. The number of piperidine rings is 1. The molecule has 3 aliphatic rings. The molecule has 6 N–H and O–H groups in total. The molecule has 1 unspecified atom stereocenters. The Kier molecular flexibility index (Phi) is 4.49. The van der Waals surface area contributed by atoms with Gasteiger partial charge in [0.2, 0.25) is 11.7 Å². The van der Waals surface area contributed by atoms with E-state index in [1.54, 1.807) is 0 Å². The van der Waals surface area contributed by atoms with E-state index in [0.717, 1.165) is 30.4 Å². The van der Waals surface area contributed by atoms with Gasteiger partial charge in [-0.05, 0) is 50.9 Å². The van der Waals surface area contributed by atoms with Crippen molar-refractivity contribution in [2.45, 2.75) is 37.5 Å². The number of aliphatic imine (C=N–C) groups is 1. The van der Waals surface area contributed by atoms with Crippen LogP contribution >= 0.6 is 11.6 Å². The lowest BCUT2D eigenvalue weighted by atomic mass is 10.0. The van der Waals surface area contributed by atoms with E-state index in [2.05, 4.69) is 25.6 Å². The van der Waals surface area contributed by atoms with Crippen LogP contribution in [0.15, 0.2) is 23.2 Å². The summed E-state index contributed by atoms with van der Waals surface area (Å²) < 4.78 is 0. The van der Waals surface area contributed by atoms with E-state index in [1.807, 2.05) is 18.2 Å². The van der Waals surface area contributed by atoms with Gasteiger partial charge in [-0.25, -0.2) is 4.99 Å². The average Bonchev–Trinajstić information content (AvgIpc) is 3.26. The van der Waals surface area contributed by atoms with Gasteiger partial charge in [-0.3, -0.25) is 11.2 Å². The second kappa shape index (κ2) is 6.64. The highest BCUT2D eigenvalue weighted by molar-refractivity contribution is 6.33. The minimum Gasteiger partial charge on any atom is -0.370 e. The zero-order chi connectivity index (χ0) is 17.4. The number of guanidine groups is 1. The molecule has 0 aromatic heterocycles. The monoisotopic (exact) mass is 363 g/mol. The molecule has 2 saturated heterocycles. The normalized spacial score (nSPS) is 28.2. The largest absolute Gasteiger partial charge is 0.370 e. The van der Waals surface area contributed by atoms with Crippen LogP contribution in [0.5, 0.6) is 0 Å². The van der Waals surface area contributed by atoms with Gasteiger partial charge in [-0.2, -0.15) is 5.43 Å². The van der Waals surface area contributed by atoms with E-state index in [-0.39, 0.29) is 5.96 Å². The molecule has 1 atom stereocenters. The SMILES string of the molecule is NC1=NC(N)(c2ccc(N3CCC(N4CCCC4)CC3)c(Cl)c2)NN1. The summed E-state index contributed by atoms with van der Waals surface area (Å²) in [7, 11) is 0. The van der Waals surface area contributed by atoms with Gasteiger partial charge in [0.05, 0.1) is 10.7 Å². The minimum absolute atomic E-state index is 0.270. The first kappa shape index (κ1) is 16.9. The van der Waals surface area contributed by atoms with E-state index in [4.69, 9.17) is 23.1 Å². The molecule has 1 aromatic rings. The lowest BCUT2D eigenvalue weighted by molar-refractivity contribution is 0.208. The molecule has 0 aliphatic carbocycles. The Labute approximate surface area is 153 Å². The third-order valence-corrected chi connectivity index (χ3v) is 5.83.